The van der Waals surface area contributed by atoms with Gasteiger partial charge < -0.3 is 9.32 Å². The summed E-state index contributed by atoms with van der Waals surface area (Å²) in [6, 6.07) is 0. The molecule has 1 atom stereocenters. The van der Waals surface area contributed by atoms with Crippen LogP contribution in [-0.4, -0.2) is 53.2 Å². The molecule has 2 heterocycles. The molecule has 0 aromatic carbocycles. The summed E-state index contributed by atoms with van der Waals surface area (Å²) in [6.07, 6.45) is 2.12. The van der Waals surface area contributed by atoms with Crippen LogP contribution in [0.25, 0.3) is 0 Å². The quantitative estimate of drug-likeness (QED) is 0.766. The number of rotatable bonds is 6. The molecule has 18 heavy (non-hydrogen) atoms. The van der Waals surface area contributed by atoms with Crippen LogP contribution in [0.4, 0.5) is 0 Å². The van der Waals surface area contributed by atoms with Gasteiger partial charge in [-0.2, -0.15) is 0 Å². The predicted octanol–water partition coefficient (Wildman–Crippen LogP) is 1.41. The van der Waals surface area contributed by atoms with E-state index in [1.54, 1.807) is 0 Å². The van der Waals surface area contributed by atoms with E-state index in [4.69, 9.17) is 4.42 Å². The third-order valence-corrected chi connectivity index (χ3v) is 3.60. The smallest absolute Gasteiger partial charge is 0.230 e. The zero-order valence-corrected chi connectivity index (χ0v) is 11.7. The molecule has 0 spiro atoms. The van der Waals surface area contributed by atoms with Crippen molar-refractivity contribution >= 4 is 0 Å². The SMILES string of the molecule is CCc1nnc(CN(C)C[C@@H]2CCN(CC)C2)o1. The van der Waals surface area contributed by atoms with E-state index < -0.39 is 0 Å². The number of aryl methyl sites for hydroxylation is 1. The van der Waals surface area contributed by atoms with E-state index in [1.807, 2.05) is 6.92 Å². The largest absolute Gasteiger partial charge is 0.424 e. The van der Waals surface area contributed by atoms with Crippen LogP contribution in [0.3, 0.4) is 0 Å². The summed E-state index contributed by atoms with van der Waals surface area (Å²) in [7, 11) is 2.13. The van der Waals surface area contributed by atoms with Crippen LogP contribution in [0.15, 0.2) is 4.42 Å². The molecule has 1 aliphatic rings. The first-order valence-corrected chi connectivity index (χ1v) is 6.93. The lowest BCUT2D eigenvalue weighted by Crippen LogP contribution is -2.28. The van der Waals surface area contributed by atoms with Gasteiger partial charge in [0, 0.05) is 19.5 Å². The van der Waals surface area contributed by atoms with Crippen molar-refractivity contribution in [2.45, 2.75) is 33.2 Å². The molecule has 0 bridgehead atoms. The molecule has 1 aliphatic heterocycles. The average Bonchev–Trinajstić information content (AvgIpc) is 2.98. The van der Waals surface area contributed by atoms with Gasteiger partial charge in [0.2, 0.25) is 11.8 Å². The lowest BCUT2D eigenvalue weighted by atomic mass is 10.1. The summed E-state index contributed by atoms with van der Waals surface area (Å²) in [6.45, 7) is 9.77. The Bertz CT molecular complexity index is 366. The van der Waals surface area contributed by atoms with Gasteiger partial charge in [0.1, 0.15) is 0 Å². The van der Waals surface area contributed by atoms with Gasteiger partial charge in [-0.1, -0.05) is 13.8 Å². The highest BCUT2D eigenvalue weighted by Gasteiger charge is 2.22. The van der Waals surface area contributed by atoms with Gasteiger partial charge in [-0.3, -0.25) is 4.90 Å². The van der Waals surface area contributed by atoms with Gasteiger partial charge in [0.05, 0.1) is 6.54 Å². The molecule has 1 aromatic heterocycles. The van der Waals surface area contributed by atoms with E-state index in [2.05, 4.69) is 34.0 Å². The van der Waals surface area contributed by atoms with Crippen molar-refractivity contribution in [3.63, 3.8) is 0 Å². The van der Waals surface area contributed by atoms with Crippen molar-refractivity contribution in [3.05, 3.63) is 11.8 Å². The summed E-state index contributed by atoms with van der Waals surface area (Å²) in [4.78, 5) is 4.80. The van der Waals surface area contributed by atoms with Gasteiger partial charge in [-0.25, -0.2) is 0 Å². The molecule has 0 aliphatic carbocycles. The second-order valence-electron chi connectivity index (χ2n) is 5.19. The van der Waals surface area contributed by atoms with Gasteiger partial charge >= 0.3 is 0 Å². The summed E-state index contributed by atoms with van der Waals surface area (Å²) in [5, 5.41) is 8.06. The lowest BCUT2D eigenvalue weighted by molar-refractivity contribution is 0.238. The molecule has 0 unspecified atom stereocenters. The fourth-order valence-corrected chi connectivity index (χ4v) is 2.58. The third-order valence-electron chi connectivity index (χ3n) is 3.60. The Hall–Kier alpha value is -0.940. The molecule has 1 aromatic rings. The monoisotopic (exact) mass is 252 g/mol. The fourth-order valence-electron chi connectivity index (χ4n) is 2.58. The summed E-state index contributed by atoms with van der Waals surface area (Å²) < 4.78 is 5.54. The minimum Gasteiger partial charge on any atom is -0.424 e. The van der Waals surface area contributed by atoms with Crippen LogP contribution in [0, 0.1) is 5.92 Å². The van der Waals surface area contributed by atoms with Crippen LogP contribution < -0.4 is 0 Å². The molecule has 1 saturated heterocycles. The molecule has 1 fully saturated rings. The van der Waals surface area contributed by atoms with Crippen molar-refractivity contribution in [1.29, 1.82) is 0 Å². The van der Waals surface area contributed by atoms with Crippen molar-refractivity contribution in [2.75, 3.05) is 33.2 Å². The highest BCUT2D eigenvalue weighted by Crippen LogP contribution is 2.17. The van der Waals surface area contributed by atoms with Crippen LogP contribution in [0.5, 0.6) is 0 Å². The summed E-state index contributed by atoms with van der Waals surface area (Å²) in [5.41, 5.74) is 0. The number of aromatic nitrogens is 2. The fraction of sp³-hybridized carbons (Fsp3) is 0.846. The second-order valence-corrected chi connectivity index (χ2v) is 5.19. The maximum absolute atomic E-state index is 5.54. The maximum atomic E-state index is 5.54. The molecule has 0 amide bonds. The Morgan fingerprint density at radius 3 is 2.72 bits per heavy atom. The van der Waals surface area contributed by atoms with E-state index >= 15 is 0 Å². The minimum atomic E-state index is 0.733. The summed E-state index contributed by atoms with van der Waals surface area (Å²) >= 11 is 0. The van der Waals surface area contributed by atoms with Crippen LogP contribution in [0.2, 0.25) is 0 Å². The molecule has 5 heteroatoms. The van der Waals surface area contributed by atoms with E-state index in [-0.39, 0.29) is 0 Å². The lowest BCUT2D eigenvalue weighted by Gasteiger charge is -2.19. The molecule has 5 nitrogen and oxygen atoms in total. The number of hydrogen-bond acceptors (Lipinski definition) is 5. The molecule has 102 valence electrons. The number of likely N-dealkylation sites (tertiary alicyclic amines) is 1. The van der Waals surface area contributed by atoms with Crippen LogP contribution in [0.1, 0.15) is 32.0 Å². The van der Waals surface area contributed by atoms with Crippen LogP contribution >= 0.6 is 0 Å². The Balaban J connectivity index is 1.76. The molecule has 0 saturated carbocycles. The van der Waals surface area contributed by atoms with Gasteiger partial charge in [-0.15, -0.1) is 10.2 Å². The van der Waals surface area contributed by atoms with E-state index in [9.17, 15) is 0 Å². The van der Waals surface area contributed by atoms with Crippen molar-refractivity contribution in [1.82, 2.24) is 20.0 Å². The molecule has 0 radical (unpaired) electrons. The van der Waals surface area contributed by atoms with Gasteiger partial charge in [-0.05, 0) is 32.5 Å². The van der Waals surface area contributed by atoms with Crippen molar-refractivity contribution in [3.8, 4) is 0 Å². The van der Waals surface area contributed by atoms with Gasteiger partial charge in [0.25, 0.3) is 0 Å². The zero-order chi connectivity index (χ0) is 13.0. The Labute approximate surface area is 109 Å². The maximum Gasteiger partial charge on any atom is 0.230 e. The first kappa shape index (κ1) is 13.5. The Morgan fingerprint density at radius 2 is 2.11 bits per heavy atom. The topological polar surface area (TPSA) is 45.4 Å². The van der Waals surface area contributed by atoms with E-state index in [0.29, 0.717) is 0 Å². The Morgan fingerprint density at radius 1 is 1.33 bits per heavy atom. The predicted molar refractivity (Wildman–Crippen MR) is 70.2 cm³/mol. The van der Waals surface area contributed by atoms with E-state index in [1.165, 1.54) is 26.1 Å². The Kier molecular flexibility index (Phi) is 4.72. The molecular formula is C13H24N4O. The summed E-state index contributed by atoms with van der Waals surface area (Å²) in [5.74, 6) is 2.25. The molecule has 2 rings (SSSR count). The van der Waals surface area contributed by atoms with Gasteiger partial charge in [0.15, 0.2) is 0 Å². The zero-order valence-electron chi connectivity index (χ0n) is 11.7. The van der Waals surface area contributed by atoms with E-state index in [0.717, 1.165) is 37.2 Å². The third kappa shape index (κ3) is 3.53. The standard InChI is InChI=1S/C13H24N4O/c1-4-12-14-15-13(18-12)10-16(3)8-11-6-7-17(5-2)9-11/h11H,4-10H2,1-3H3/t11-/m0/s1. The van der Waals surface area contributed by atoms with Crippen molar-refractivity contribution in [2.24, 2.45) is 5.92 Å². The normalized spacial score (nSPS) is 21.0. The first-order chi connectivity index (χ1) is 8.71. The van der Waals surface area contributed by atoms with Crippen molar-refractivity contribution < 1.29 is 4.42 Å². The highest BCUT2D eigenvalue weighted by molar-refractivity contribution is 4.82. The van der Waals surface area contributed by atoms with Crippen LogP contribution in [-0.2, 0) is 13.0 Å². The second kappa shape index (κ2) is 6.29. The molecule has 0 N–H and O–H groups in total. The minimum absolute atomic E-state index is 0.733. The highest BCUT2D eigenvalue weighted by atomic mass is 16.4. The first-order valence-electron chi connectivity index (χ1n) is 6.93. The average molecular weight is 252 g/mol. The molecular weight excluding hydrogens is 228 g/mol. The number of hydrogen-bond donors (Lipinski definition) is 0. The number of nitrogens with zero attached hydrogens (tertiary/aromatic N) is 4.